The van der Waals surface area contributed by atoms with E-state index in [2.05, 4.69) is 6.92 Å². The lowest BCUT2D eigenvalue weighted by Crippen LogP contribution is -2.64. The first kappa shape index (κ1) is 23.8. The summed E-state index contributed by atoms with van der Waals surface area (Å²) in [4.78, 5) is 25.8. The Balaban J connectivity index is 1.30. The number of aliphatic hydroxyl groups excluding tert-OH is 2. The van der Waals surface area contributed by atoms with Crippen molar-refractivity contribution in [3.63, 3.8) is 0 Å². The number of carbonyl (C=O) groups is 2. The van der Waals surface area contributed by atoms with Gasteiger partial charge in [0.25, 0.3) is 0 Å². The lowest BCUT2D eigenvalue weighted by atomic mass is 9.44. The quantitative estimate of drug-likeness (QED) is 0.414. The van der Waals surface area contributed by atoms with E-state index >= 15 is 0 Å². The molecule has 6 aliphatic rings. The zero-order valence-electron chi connectivity index (χ0n) is 21.1. The number of allylic oxidation sites excluding steroid dienone is 1. The molecule has 3 N–H and O–H groups in total. The van der Waals surface area contributed by atoms with Crippen molar-refractivity contribution in [2.45, 2.75) is 95.7 Å². The maximum Gasteiger partial charge on any atom is 0.336 e. The molecule has 11 atom stereocenters. The standard InChI is InChI=1S/C28H38O7/c1-14-11-22(34-24(32)16(14)13-29)27(4,33)19-6-5-17-15-12-23-28(35-23)21(31)8-7-20(30)26(28,3)18(15)9-10-25(17,19)2/h7-8,15,17-19,21-23,29,31,33H,5-6,9-13H2,1-4H3/t15-,17+,18-,19+,21+,22+,23-,25+,26+,27-,28-/m1/s1. The Kier molecular flexibility index (Phi) is 4.95. The fourth-order valence-corrected chi connectivity index (χ4v) is 9.72. The van der Waals surface area contributed by atoms with E-state index in [0.29, 0.717) is 23.8 Å². The largest absolute Gasteiger partial charge is 0.456 e. The summed E-state index contributed by atoms with van der Waals surface area (Å²) in [5, 5.41) is 32.3. The van der Waals surface area contributed by atoms with Gasteiger partial charge in [-0.1, -0.05) is 12.5 Å². The fraction of sp³-hybridized carbons (Fsp3) is 0.786. The number of cyclic esters (lactones) is 1. The van der Waals surface area contributed by atoms with Gasteiger partial charge in [0, 0.05) is 6.42 Å². The summed E-state index contributed by atoms with van der Waals surface area (Å²) in [5.41, 5.74) is -1.78. The lowest BCUT2D eigenvalue weighted by molar-refractivity contribution is -0.185. The average Bonchev–Trinajstić information content (AvgIpc) is 3.42. The minimum atomic E-state index is -1.20. The van der Waals surface area contributed by atoms with Gasteiger partial charge in [0.05, 0.1) is 23.7 Å². The van der Waals surface area contributed by atoms with Gasteiger partial charge in [-0.05, 0) is 94.1 Å². The van der Waals surface area contributed by atoms with Crippen molar-refractivity contribution in [3.8, 4) is 0 Å². The summed E-state index contributed by atoms with van der Waals surface area (Å²) in [7, 11) is 0. The molecule has 0 radical (unpaired) electrons. The summed E-state index contributed by atoms with van der Waals surface area (Å²) in [6.07, 6.45) is 6.44. The lowest BCUT2D eigenvalue weighted by Gasteiger charge is -2.59. The van der Waals surface area contributed by atoms with Crippen LogP contribution in [0.1, 0.15) is 66.2 Å². The minimum Gasteiger partial charge on any atom is -0.456 e. The summed E-state index contributed by atoms with van der Waals surface area (Å²) >= 11 is 0. The van der Waals surface area contributed by atoms with Gasteiger partial charge >= 0.3 is 5.97 Å². The van der Waals surface area contributed by atoms with E-state index in [0.717, 1.165) is 37.7 Å². The molecule has 7 nitrogen and oxygen atoms in total. The summed E-state index contributed by atoms with van der Waals surface area (Å²) in [6.45, 7) is 7.59. The predicted molar refractivity (Wildman–Crippen MR) is 126 cm³/mol. The third-order valence-electron chi connectivity index (χ3n) is 11.6. The van der Waals surface area contributed by atoms with Gasteiger partial charge in [-0.3, -0.25) is 4.79 Å². The molecule has 3 saturated carbocycles. The summed E-state index contributed by atoms with van der Waals surface area (Å²) < 4.78 is 11.9. The number of esters is 1. The van der Waals surface area contributed by atoms with Crippen molar-refractivity contribution in [2.24, 2.45) is 34.5 Å². The highest BCUT2D eigenvalue weighted by Gasteiger charge is 2.80. The Labute approximate surface area is 206 Å². The SMILES string of the molecule is CC1=C(CO)C(=O)O[C@H]([C@](C)(O)[C@H]2CC[C@H]3[C@H]4C[C@H]5O[C@]56[C@@H](O)C=CC(=O)[C@]6(C)[C@@H]4CC[C@]23C)C1. The number of hydrogen-bond acceptors (Lipinski definition) is 7. The van der Waals surface area contributed by atoms with Gasteiger partial charge in [0.15, 0.2) is 5.78 Å². The highest BCUT2D eigenvalue weighted by atomic mass is 16.6. The second kappa shape index (κ2) is 7.27. The van der Waals surface area contributed by atoms with Crippen molar-refractivity contribution in [1.29, 1.82) is 0 Å². The molecular weight excluding hydrogens is 448 g/mol. The van der Waals surface area contributed by atoms with Crippen LogP contribution in [0.4, 0.5) is 0 Å². The van der Waals surface area contributed by atoms with Gasteiger partial charge in [-0.25, -0.2) is 4.79 Å². The van der Waals surface area contributed by atoms with Crippen LogP contribution in [0, 0.1) is 34.5 Å². The molecule has 2 heterocycles. The van der Waals surface area contributed by atoms with Crippen molar-refractivity contribution in [1.82, 2.24) is 0 Å². The maximum atomic E-state index is 13.3. The topological polar surface area (TPSA) is 117 Å². The molecule has 0 aromatic rings. The Hall–Kier alpha value is -1.54. The zero-order chi connectivity index (χ0) is 25.1. The molecule has 7 heteroatoms. The summed E-state index contributed by atoms with van der Waals surface area (Å²) in [6, 6.07) is 0. The van der Waals surface area contributed by atoms with Gasteiger partial charge < -0.3 is 24.8 Å². The van der Waals surface area contributed by atoms with Crippen LogP contribution in [0.25, 0.3) is 0 Å². The number of carbonyl (C=O) groups excluding carboxylic acids is 2. The van der Waals surface area contributed by atoms with Crippen molar-refractivity contribution < 1.29 is 34.4 Å². The second-order valence-corrected chi connectivity index (χ2v) is 12.8. The first-order valence-electron chi connectivity index (χ1n) is 13.2. The van der Waals surface area contributed by atoms with Gasteiger partial charge in [-0.2, -0.15) is 0 Å². The van der Waals surface area contributed by atoms with Gasteiger partial charge in [0.1, 0.15) is 23.4 Å². The molecule has 6 rings (SSSR count). The number of ether oxygens (including phenoxy) is 2. The van der Waals surface area contributed by atoms with Crippen molar-refractivity contribution in [3.05, 3.63) is 23.3 Å². The van der Waals surface area contributed by atoms with Crippen LogP contribution in [0.15, 0.2) is 23.3 Å². The number of ketones is 1. The molecule has 4 fully saturated rings. The smallest absolute Gasteiger partial charge is 0.336 e. The van der Waals surface area contributed by atoms with Crippen LogP contribution in [0.5, 0.6) is 0 Å². The molecule has 4 aliphatic carbocycles. The first-order valence-corrected chi connectivity index (χ1v) is 13.2. The van der Waals surface area contributed by atoms with Crippen molar-refractivity contribution in [2.75, 3.05) is 6.61 Å². The Morgan fingerprint density at radius 1 is 1.17 bits per heavy atom. The van der Waals surface area contributed by atoms with Gasteiger partial charge in [-0.15, -0.1) is 0 Å². The van der Waals surface area contributed by atoms with Crippen LogP contribution < -0.4 is 0 Å². The molecule has 0 bridgehead atoms. The number of hydrogen-bond donors (Lipinski definition) is 3. The normalized spacial score (nSPS) is 52.1. The van der Waals surface area contributed by atoms with Crippen LogP contribution >= 0.6 is 0 Å². The molecule has 0 aromatic carbocycles. The van der Waals surface area contributed by atoms with E-state index in [1.807, 2.05) is 20.8 Å². The van der Waals surface area contributed by atoms with Crippen LogP contribution in [0.2, 0.25) is 0 Å². The predicted octanol–water partition coefficient (Wildman–Crippen LogP) is 2.47. The van der Waals surface area contributed by atoms with E-state index in [1.165, 1.54) is 0 Å². The molecule has 0 unspecified atom stereocenters. The number of epoxide rings is 1. The van der Waals surface area contributed by atoms with E-state index in [1.54, 1.807) is 12.2 Å². The molecule has 0 amide bonds. The molecular formula is C28H38O7. The number of rotatable bonds is 3. The Bertz CT molecular complexity index is 1040. The molecule has 1 spiro atoms. The second-order valence-electron chi connectivity index (χ2n) is 12.8. The molecule has 2 aliphatic heterocycles. The highest BCUT2D eigenvalue weighted by molar-refractivity contribution is 5.98. The van der Waals surface area contributed by atoms with Crippen LogP contribution in [-0.2, 0) is 19.1 Å². The molecule has 35 heavy (non-hydrogen) atoms. The third kappa shape index (κ3) is 2.76. The molecule has 1 saturated heterocycles. The average molecular weight is 487 g/mol. The first-order chi connectivity index (χ1) is 16.4. The van der Waals surface area contributed by atoms with Crippen molar-refractivity contribution >= 4 is 11.8 Å². The van der Waals surface area contributed by atoms with E-state index < -0.39 is 34.8 Å². The molecule has 192 valence electrons. The Morgan fingerprint density at radius 2 is 1.91 bits per heavy atom. The minimum absolute atomic E-state index is 0.0469. The number of aliphatic hydroxyl groups is 3. The number of fused-ring (bicyclic) bond motifs is 4. The zero-order valence-corrected chi connectivity index (χ0v) is 21.1. The Morgan fingerprint density at radius 3 is 2.60 bits per heavy atom. The van der Waals surface area contributed by atoms with Crippen LogP contribution in [-0.4, -0.2) is 63.2 Å². The van der Waals surface area contributed by atoms with Crippen LogP contribution in [0.3, 0.4) is 0 Å². The maximum absolute atomic E-state index is 13.3. The fourth-order valence-electron chi connectivity index (χ4n) is 9.72. The van der Waals surface area contributed by atoms with E-state index in [9.17, 15) is 24.9 Å². The highest BCUT2D eigenvalue weighted by Crippen LogP contribution is 2.73. The van der Waals surface area contributed by atoms with E-state index in [-0.39, 0.29) is 35.7 Å². The summed E-state index contributed by atoms with van der Waals surface area (Å²) in [5.74, 6) is 0.251. The molecule has 0 aromatic heterocycles. The van der Waals surface area contributed by atoms with E-state index in [4.69, 9.17) is 9.47 Å². The third-order valence-corrected chi connectivity index (χ3v) is 11.6. The van der Waals surface area contributed by atoms with Gasteiger partial charge in [0.2, 0.25) is 0 Å². The monoisotopic (exact) mass is 486 g/mol.